The first-order valence-electron chi connectivity index (χ1n) is 6.03. The van der Waals surface area contributed by atoms with Crippen LogP contribution in [0.1, 0.15) is 24.6 Å². The molecule has 1 aromatic rings. The first-order chi connectivity index (χ1) is 9.02. The molecule has 0 radical (unpaired) electrons. The fourth-order valence-corrected chi connectivity index (χ4v) is 2.44. The molecule has 1 rings (SSSR count). The molecule has 0 saturated carbocycles. The van der Waals surface area contributed by atoms with Crippen molar-refractivity contribution >= 4 is 40.8 Å². The Kier molecular flexibility index (Phi) is 6.59. The van der Waals surface area contributed by atoms with Gasteiger partial charge >= 0.3 is 0 Å². The number of thiophene rings is 1. The molecule has 1 aromatic heterocycles. The van der Waals surface area contributed by atoms with E-state index in [1.165, 1.54) is 22.3 Å². The molecule has 0 aliphatic rings. The van der Waals surface area contributed by atoms with Gasteiger partial charge in [0.05, 0.1) is 10.9 Å². The zero-order valence-electron chi connectivity index (χ0n) is 10.8. The van der Waals surface area contributed by atoms with Crippen LogP contribution in [0.25, 0.3) is 6.08 Å². The molecule has 0 atom stereocenters. The zero-order valence-corrected chi connectivity index (χ0v) is 12.3. The molecule has 0 aliphatic heterocycles. The molecule has 0 unspecified atom stereocenters. The number of hydrogen-bond donors (Lipinski definition) is 1. The maximum Gasteiger partial charge on any atom is 0.247 e. The Labute approximate surface area is 121 Å². The third-order valence-electron chi connectivity index (χ3n) is 2.42. The fourth-order valence-electron chi connectivity index (χ4n) is 1.48. The van der Waals surface area contributed by atoms with Gasteiger partial charge in [-0.15, -0.1) is 11.3 Å². The second-order valence-electron chi connectivity index (χ2n) is 4.05. The molecule has 6 heteroatoms. The van der Waals surface area contributed by atoms with Crippen LogP contribution in [0.3, 0.4) is 0 Å². The van der Waals surface area contributed by atoms with Crippen LogP contribution in [0, 0.1) is 0 Å². The zero-order chi connectivity index (χ0) is 14.3. The Hall–Kier alpha value is -1.33. The predicted octanol–water partition coefficient (Wildman–Crippen LogP) is 2.53. The highest BCUT2D eigenvalue weighted by Crippen LogP contribution is 2.22. The summed E-state index contributed by atoms with van der Waals surface area (Å²) in [5, 5.41) is 0. The maximum atomic E-state index is 12.0. The summed E-state index contributed by atoms with van der Waals surface area (Å²) in [6.07, 6.45) is 4.93. The van der Waals surface area contributed by atoms with Crippen molar-refractivity contribution in [3.63, 3.8) is 0 Å². The maximum absolute atomic E-state index is 12.0. The molecular weight excluding hydrogens is 284 g/mol. The van der Waals surface area contributed by atoms with Gasteiger partial charge in [-0.05, 0) is 24.6 Å². The number of nitrogens with zero attached hydrogens (tertiary/aromatic N) is 1. The van der Waals surface area contributed by atoms with Crippen molar-refractivity contribution in [2.24, 2.45) is 5.73 Å². The molecule has 104 valence electrons. The van der Waals surface area contributed by atoms with Gasteiger partial charge in [0.25, 0.3) is 0 Å². The predicted molar refractivity (Wildman–Crippen MR) is 79.0 cm³/mol. The van der Waals surface area contributed by atoms with E-state index in [4.69, 9.17) is 17.3 Å². The van der Waals surface area contributed by atoms with Gasteiger partial charge < -0.3 is 10.6 Å². The second-order valence-corrected chi connectivity index (χ2v) is 5.80. The molecule has 0 aromatic carbocycles. The summed E-state index contributed by atoms with van der Waals surface area (Å²) in [6, 6.07) is 3.61. The van der Waals surface area contributed by atoms with Crippen molar-refractivity contribution in [1.82, 2.24) is 4.90 Å². The normalized spacial score (nSPS) is 10.8. The van der Waals surface area contributed by atoms with Gasteiger partial charge in [0.15, 0.2) is 0 Å². The van der Waals surface area contributed by atoms with Gasteiger partial charge in [-0.2, -0.15) is 0 Å². The van der Waals surface area contributed by atoms with E-state index < -0.39 is 5.91 Å². The van der Waals surface area contributed by atoms with Gasteiger partial charge in [-0.3, -0.25) is 9.59 Å². The molecule has 0 aliphatic carbocycles. The van der Waals surface area contributed by atoms with Crippen LogP contribution in [-0.4, -0.2) is 29.8 Å². The summed E-state index contributed by atoms with van der Waals surface area (Å²) in [7, 11) is 0. The van der Waals surface area contributed by atoms with E-state index in [1.807, 2.05) is 13.0 Å². The average Bonchev–Trinajstić information content (AvgIpc) is 2.77. The minimum Gasteiger partial charge on any atom is -0.368 e. The van der Waals surface area contributed by atoms with Crippen LogP contribution in [0.5, 0.6) is 0 Å². The molecule has 1 heterocycles. The Morgan fingerprint density at radius 2 is 2.21 bits per heavy atom. The van der Waals surface area contributed by atoms with Crippen molar-refractivity contribution in [1.29, 1.82) is 0 Å². The average molecular weight is 301 g/mol. The Morgan fingerprint density at radius 3 is 2.74 bits per heavy atom. The molecular formula is C13H17ClN2O2S. The van der Waals surface area contributed by atoms with Crippen LogP contribution >= 0.6 is 22.9 Å². The summed E-state index contributed by atoms with van der Waals surface area (Å²) >= 11 is 7.19. The molecule has 0 fully saturated rings. The minimum absolute atomic E-state index is 0.0473. The largest absolute Gasteiger partial charge is 0.368 e. The lowest BCUT2D eigenvalue weighted by Crippen LogP contribution is -2.38. The van der Waals surface area contributed by atoms with E-state index >= 15 is 0 Å². The molecule has 19 heavy (non-hydrogen) atoms. The van der Waals surface area contributed by atoms with Crippen molar-refractivity contribution in [3.8, 4) is 0 Å². The first-order valence-corrected chi connectivity index (χ1v) is 7.23. The highest BCUT2D eigenvalue weighted by Gasteiger charge is 2.12. The van der Waals surface area contributed by atoms with E-state index in [0.717, 1.165) is 17.7 Å². The van der Waals surface area contributed by atoms with E-state index in [-0.39, 0.29) is 12.5 Å². The van der Waals surface area contributed by atoms with E-state index in [2.05, 4.69) is 0 Å². The summed E-state index contributed by atoms with van der Waals surface area (Å²) in [5.41, 5.74) is 5.14. The molecule has 4 nitrogen and oxygen atoms in total. The van der Waals surface area contributed by atoms with Crippen LogP contribution < -0.4 is 5.73 Å². The SMILES string of the molecule is CCCCN(CC(N)=O)C(=O)/C=C/c1ccc(Cl)s1. The molecule has 2 N–H and O–H groups in total. The molecule has 0 saturated heterocycles. The van der Waals surface area contributed by atoms with Crippen LogP contribution in [0.15, 0.2) is 18.2 Å². The topological polar surface area (TPSA) is 63.4 Å². The van der Waals surface area contributed by atoms with Crippen molar-refractivity contribution in [3.05, 3.63) is 27.4 Å². The van der Waals surface area contributed by atoms with Crippen molar-refractivity contribution in [2.75, 3.05) is 13.1 Å². The molecule has 0 bridgehead atoms. The lowest BCUT2D eigenvalue weighted by atomic mass is 10.3. The number of unbranched alkanes of at least 4 members (excludes halogenated alkanes) is 1. The number of amides is 2. The number of hydrogen-bond acceptors (Lipinski definition) is 3. The lowest BCUT2D eigenvalue weighted by Gasteiger charge is -2.18. The minimum atomic E-state index is -0.503. The van der Waals surface area contributed by atoms with Crippen molar-refractivity contribution < 1.29 is 9.59 Å². The summed E-state index contributed by atoms with van der Waals surface area (Å²) in [4.78, 5) is 25.3. The number of carbonyl (C=O) groups excluding carboxylic acids is 2. The van der Waals surface area contributed by atoms with Crippen LogP contribution in [-0.2, 0) is 9.59 Å². The quantitative estimate of drug-likeness (QED) is 0.787. The highest BCUT2D eigenvalue weighted by atomic mass is 35.5. The van der Waals surface area contributed by atoms with Crippen LogP contribution in [0.2, 0.25) is 4.34 Å². The third-order valence-corrected chi connectivity index (χ3v) is 3.62. The monoisotopic (exact) mass is 300 g/mol. The Morgan fingerprint density at radius 1 is 1.47 bits per heavy atom. The highest BCUT2D eigenvalue weighted by molar-refractivity contribution is 7.17. The Bertz CT molecular complexity index is 471. The lowest BCUT2D eigenvalue weighted by molar-refractivity contribution is -0.131. The number of nitrogens with two attached hydrogens (primary N) is 1. The van der Waals surface area contributed by atoms with Gasteiger partial charge in [-0.1, -0.05) is 24.9 Å². The molecule has 2 amide bonds. The summed E-state index contributed by atoms with van der Waals surface area (Å²) in [5.74, 6) is -0.714. The first kappa shape index (κ1) is 15.7. The standard InChI is InChI=1S/C13H17ClN2O2S/c1-2-3-8-16(9-12(15)17)13(18)7-5-10-4-6-11(14)19-10/h4-7H,2-3,8-9H2,1H3,(H2,15,17)/b7-5+. The van der Waals surface area contributed by atoms with E-state index in [1.54, 1.807) is 12.1 Å². The third kappa shape index (κ3) is 5.89. The smallest absolute Gasteiger partial charge is 0.247 e. The summed E-state index contributed by atoms with van der Waals surface area (Å²) in [6.45, 7) is 2.51. The van der Waals surface area contributed by atoms with E-state index in [0.29, 0.717) is 10.9 Å². The number of primary amides is 1. The number of halogens is 1. The number of rotatable bonds is 7. The fraction of sp³-hybridized carbons (Fsp3) is 0.385. The molecule has 0 spiro atoms. The second kappa shape index (κ2) is 7.96. The van der Waals surface area contributed by atoms with Crippen LogP contribution in [0.4, 0.5) is 0 Å². The van der Waals surface area contributed by atoms with Gasteiger partial charge in [0.2, 0.25) is 11.8 Å². The van der Waals surface area contributed by atoms with Crippen molar-refractivity contribution in [2.45, 2.75) is 19.8 Å². The van der Waals surface area contributed by atoms with Gasteiger partial charge in [0.1, 0.15) is 0 Å². The van der Waals surface area contributed by atoms with Gasteiger partial charge in [0, 0.05) is 17.5 Å². The summed E-state index contributed by atoms with van der Waals surface area (Å²) < 4.78 is 0.673. The van der Waals surface area contributed by atoms with E-state index in [9.17, 15) is 9.59 Å². The number of carbonyl (C=O) groups is 2. The van der Waals surface area contributed by atoms with Gasteiger partial charge in [-0.25, -0.2) is 0 Å². The Balaban J connectivity index is 2.64.